The number of hydrogen-bond donors (Lipinski definition) is 1. The molecule has 0 radical (unpaired) electrons. The molecule has 8 nitrogen and oxygen atoms in total. The molecular weight excluding hydrogens is 338 g/mol. The number of carbonyl (C=O) groups is 1. The van der Waals surface area contributed by atoms with Gasteiger partial charge in [0.05, 0.1) is 11.5 Å². The fraction of sp³-hybridized carbons (Fsp3) is 0.333. The maximum atomic E-state index is 11.6. The van der Waals surface area contributed by atoms with Crippen molar-refractivity contribution < 1.29 is 19.2 Å². The normalized spacial score (nSPS) is 10.2. The second-order valence-electron chi connectivity index (χ2n) is 5.45. The Labute approximate surface area is 151 Å². The zero-order valence-corrected chi connectivity index (χ0v) is 14.5. The summed E-state index contributed by atoms with van der Waals surface area (Å²) in [6.07, 6.45) is 2.72. The van der Waals surface area contributed by atoms with Crippen LogP contribution in [0.2, 0.25) is 0 Å². The number of nitro groups is 1. The average Bonchev–Trinajstić information content (AvgIpc) is 2.67. The molecule has 0 unspecified atom stereocenters. The molecule has 0 saturated carbocycles. The SMILES string of the molecule is CCc1ccc(OCC(=O)OCCCNc2ccc([N+](=O)[O-])cn2)cc1. The number of pyridine rings is 1. The minimum absolute atomic E-state index is 0.0613. The third kappa shape index (κ3) is 6.39. The zero-order valence-electron chi connectivity index (χ0n) is 14.5. The third-order valence-electron chi connectivity index (χ3n) is 3.54. The molecule has 2 aromatic rings. The Morgan fingerprint density at radius 3 is 2.62 bits per heavy atom. The van der Waals surface area contributed by atoms with Gasteiger partial charge < -0.3 is 14.8 Å². The molecule has 0 aliphatic heterocycles. The van der Waals surface area contributed by atoms with Gasteiger partial charge in [-0.25, -0.2) is 9.78 Å². The molecule has 0 fully saturated rings. The molecular formula is C18H21N3O5. The highest BCUT2D eigenvalue weighted by Gasteiger charge is 2.06. The lowest BCUT2D eigenvalue weighted by atomic mass is 10.2. The van der Waals surface area contributed by atoms with Crippen LogP contribution >= 0.6 is 0 Å². The molecule has 0 spiro atoms. The van der Waals surface area contributed by atoms with Crippen molar-refractivity contribution in [3.63, 3.8) is 0 Å². The Hall–Kier alpha value is -3.16. The highest BCUT2D eigenvalue weighted by Crippen LogP contribution is 2.13. The van der Waals surface area contributed by atoms with Gasteiger partial charge in [-0.1, -0.05) is 19.1 Å². The third-order valence-corrected chi connectivity index (χ3v) is 3.54. The van der Waals surface area contributed by atoms with E-state index in [0.29, 0.717) is 24.5 Å². The number of aryl methyl sites for hydroxylation is 1. The number of benzene rings is 1. The molecule has 0 bridgehead atoms. The number of nitrogens with zero attached hydrogens (tertiary/aromatic N) is 2. The van der Waals surface area contributed by atoms with Crippen LogP contribution in [0.5, 0.6) is 5.75 Å². The number of ether oxygens (including phenoxy) is 2. The van der Waals surface area contributed by atoms with Crippen molar-refractivity contribution >= 4 is 17.5 Å². The van der Waals surface area contributed by atoms with Gasteiger partial charge in [-0.2, -0.15) is 0 Å². The van der Waals surface area contributed by atoms with Crippen molar-refractivity contribution in [2.24, 2.45) is 0 Å². The summed E-state index contributed by atoms with van der Waals surface area (Å²) in [6, 6.07) is 10.5. The van der Waals surface area contributed by atoms with Crippen LogP contribution in [0, 0.1) is 10.1 Å². The standard InChI is InChI=1S/C18H21N3O5/c1-2-14-4-7-16(8-5-14)26-13-18(22)25-11-3-10-19-17-9-6-15(12-20-17)21(23)24/h4-9,12H,2-3,10-11,13H2,1H3,(H,19,20). The highest BCUT2D eigenvalue weighted by molar-refractivity contribution is 5.71. The van der Waals surface area contributed by atoms with Crippen LogP contribution in [0.25, 0.3) is 0 Å². The Morgan fingerprint density at radius 1 is 1.23 bits per heavy atom. The number of anilines is 1. The Kier molecular flexibility index (Phi) is 7.35. The van der Waals surface area contributed by atoms with Crippen molar-refractivity contribution in [2.45, 2.75) is 19.8 Å². The van der Waals surface area contributed by atoms with E-state index in [-0.39, 0.29) is 18.9 Å². The highest BCUT2D eigenvalue weighted by atomic mass is 16.6. The average molecular weight is 359 g/mol. The van der Waals surface area contributed by atoms with Crippen molar-refractivity contribution in [3.05, 3.63) is 58.3 Å². The number of rotatable bonds is 10. The van der Waals surface area contributed by atoms with E-state index in [1.54, 1.807) is 0 Å². The van der Waals surface area contributed by atoms with Crippen molar-refractivity contribution in [1.82, 2.24) is 4.98 Å². The molecule has 138 valence electrons. The fourth-order valence-corrected chi connectivity index (χ4v) is 2.08. The summed E-state index contributed by atoms with van der Waals surface area (Å²) in [4.78, 5) is 25.6. The first-order valence-electron chi connectivity index (χ1n) is 8.30. The van der Waals surface area contributed by atoms with Gasteiger partial charge in [0.15, 0.2) is 6.61 Å². The summed E-state index contributed by atoms with van der Waals surface area (Å²) >= 11 is 0. The second kappa shape index (κ2) is 9.97. The zero-order chi connectivity index (χ0) is 18.8. The molecule has 0 aliphatic carbocycles. The number of carbonyl (C=O) groups excluding carboxylic acids is 1. The van der Waals surface area contributed by atoms with Gasteiger partial charge in [0, 0.05) is 12.6 Å². The number of esters is 1. The van der Waals surface area contributed by atoms with Gasteiger partial charge in [-0.05, 0) is 36.6 Å². The summed E-state index contributed by atoms with van der Waals surface area (Å²) in [7, 11) is 0. The topological polar surface area (TPSA) is 104 Å². The van der Waals surface area contributed by atoms with Crippen LogP contribution in [0.15, 0.2) is 42.6 Å². The minimum atomic E-state index is -0.504. The quantitative estimate of drug-likeness (QED) is 0.301. The minimum Gasteiger partial charge on any atom is -0.482 e. The van der Waals surface area contributed by atoms with Crippen LogP contribution in [0.4, 0.5) is 11.5 Å². The monoisotopic (exact) mass is 359 g/mol. The summed E-state index contributed by atoms with van der Waals surface area (Å²) < 4.78 is 10.5. The van der Waals surface area contributed by atoms with E-state index in [0.717, 1.165) is 6.42 Å². The summed E-state index contributed by atoms with van der Waals surface area (Å²) in [6.45, 7) is 2.71. The molecule has 1 aromatic heterocycles. The van der Waals surface area contributed by atoms with Gasteiger partial charge in [-0.15, -0.1) is 0 Å². The molecule has 0 aliphatic rings. The Bertz CT molecular complexity index is 717. The molecule has 0 saturated heterocycles. The van der Waals surface area contributed by atoms with Gasteiger partial charge in [0.1, 0.15) is 17.8 Å². The van der Waals surface area contributed by atoms with Gasteiger partial charge in [-0.3, -0.25) is 10.1 Å². The maximum absolute atomic E-state index is 11.6. The Balaban J connectivity index is 1.58. The van der Waals surface area contributed by atoms with Crippen LogP contribution in [-0.4, -0.2) is 35.6 Å². The van der Waals surface area contributed by atoms with Crippen LogP contribution < -0.4 is 10.1 Å². The molecule has 0 atom stereocenters. The first-order valence-corrected chi connectivity index (χ1v) is 8.30. The lowest BCUT2D eigenvalue weighted by molar-refractivity contribution is -0.385. The van der Waals surface area contributed by atoms with Crippen molar-refractivity contribution in [2.75, 3.05) is 25.1 Å². The molecule has 1 N–H and O–H groups in total. The van der Waals surface area contributed by atoms with E-state index < -0.39 is 10.9 Å². The Morgan fingerprint density at radius 2 is 2.00 bits per heavy atom. The van der Waals surface area contributed by atoms with E-state index in [9.17, 15) is 14.9 Å². The lowest BCUT2D eigenvalue weighted by Gasteiger charge is -2.08. The predicted molar refractivity (Wildman–Crippen MR) is 96.3 cm³/mol. The van der Waals surface area contributed by atoms with Crippen LogP contribution in [0.1, 0.15) is 18.9 Å². The molecule has 0 amide bonds. The summed E-state index contributed by atoms with van der Waals surface area (Å²) in [5.74, 6) is 0.726. The first kappa shape index (κ1) is 19.2. The molecule has 8 heteroatoms. The molecule has 2 rings (SSSR count). The van der Waals surface area contributed by atoms with Crippen LogP contribution in [0.3, 0.4) is 0 Å². The van der Waals surface area contributed by atoms with E-state index >= 15 is 0 Å². The van der Waals surface area contributed by atoms with E-state index in [4.69, 9.17) is 9.47 Å². The number of nitrogens with one attached hydrogen (secondary N) is 1. The van der Waals surface area contributed by atoms with Crippen LogP contribution in [-0.2, 0) is 16.0 Å². The summed E-state index contributed by atoms with van der Waals surface area (Å²) in [5.41, 5.74) is 1.14. The lowest BCUT2D eigenvalue weighted by Crippen LogP contribution is -2.17. The molecule has 1 heterocycles. The van der Waals surface area contributed by atoms with Gasteiger partial charge in [0.25, 0.3) is 5.69 Å². The van der Waals surface area contributed by atoms with Gasteiger partial charge >= 0.3 is 5.97 Å². The van der Waals surface area contributed by atoms with Crippen molar-refractivity contribution in [1.29, 1.82) is 0 Å². The van der Waals surface area contributed by atoms with E-state index in [1.165, 1.54) is 23.9 Å². The molecule has 1 aromatic carbocycles. The molecule has 26 heavy (non-hydrogen) atoms. The number of aromatic nitrogens is 1. The van der Waals surface area contributed by atoms with Crippen molar-refractivity contribution in [3.8, 4) is 5.75 Å². The van der Waals surface area contributed by atoms with E-state index in [1.807, 2.05) is 24.3 Å². The van der Waals surface area contributed by atoms with E-state index in [2.05, 4.69) is 17.2 Å². The smallest absolute Gasteiger partial charge is 0.344 e. The first-order chi connectivity index (χ1) is 12.6. The summed E-state index contributed by atoms with van der Waals surface area (Å²) in [5, 5.41) is 13.5. The second-order valence-corrected chi connectivity index (χ2v) is 5.45. The predicted octanol–water partition coefficient (Wildman–Crippen LogP) is 2.98. The fourth-order valence-electron chi connectivity index (χ4n) is 2.08. The van der Waals surface area contributed by atoms with Gasteiger partial charge in [0.2, 0.25) is 0 Å². The maximum Gasteiger partial charge on any atom is 0.344 e. The largest absolute Gasteiger partial charge is 0.482 e. The number of hydrogen-bond acceptors (Lipinski definition) is 7.